The molecule has 0 bridgehead atoms. The molecule has 0 saturated heterocycles. The highest BCUT2D eigenvalue weighted by atomic mass is 79.9. The van der Waals surface area contributed by atoms with E-state index < -0.39 is 24.8 Å². The number of benzene rings is 1. The van der Waals surface area contributed by atoms with E-state index in [1.165, 1.54) is 12.1 Å². The first-order chi connectivity index (χ1) is 9.78. The Kier molecular flexibility index (Phi) is 6.51. The van der Waals surface area contributed by atoms with E-state index in [9.17, 15) is 18.0 Å². The van der Waals surface area contributed by atoms with Gasteiger partial charge in [-0.25, -0.2) is 0 Å². The first-order valence-corrected chi connectivity index (χ1v) is 7.26. The van der Waals surface area contributed by atoms with Gasteiger partial charge in [0, 0.05) is 16.5 Å². The number of carbonyl (C=O) groups is 1. The summed E-state index contributed by atoms with van der Waals surface area (Å²) in [6.07, 6.45) is -6.09. The van der Waals surface area contributed by atoms with Crippen molar-refractivity contribution in [3.63, 3.8) is 0 Å². The third kappa shape index (κ3) is 5.57. The van der Waals surface area contributed by atoms with Crippen LogP contribution in [-0.2, 0) is 0 Å². The Morgan fingerprint density at radius 3 is 2.14 bits per heavy atom. The van der Waals surface area contributed by atoms with Crippen LogP contribution in [0.3, 0.4) is 0 Å². The largest absolute Gasteiger partial charge is 0.490 e. The standard InChI is InChI=1S/C14H16BrF3O3/c1-3-20-12-7-9(10(15)8-13(12)21-4-2)11(19)5-6-14(16,17)18/h7-8H,3-6H2,1-2H3. The molecule has 0 saturated carbocycles. The van der Waals surface area contributed by atoms with Crippen LogP contribution in [0.4, 0.5) is 13.2 Å². The fourth-order valence-corrected chi connectivity index (χ4v) is 2.22. The molecule has 0 aliphatic heterocycles. The lowest BCUT2D eigenvalue weighted by molar-refractivity contribution is -0.133. The zero-order valence-electron chi connectivity index (χ0n) is 11.7. The zero-order chi connectivity index (χ0) is 16.0. The minimum absolute atomic E-state index is 0.158. The van der Waals surface area contributed by atoms with Crippen molar-refractivity contribution in [3.8, 4) is 11.5 Å². The van der Waals surface area contributed by atoms with Crippen molar-refractivity contribution >= 4 is 21.7 Å². The fraction of sp³-hybridized carbons (Fsp3) is 0.500. The van der Waals surface area contributed by atoms with Crippen molar-refractivity contribution in [1.29, 1.82) is 0 Å². The van der Waals surface area contributed by atoms with Gasteiger partial charge in [-0.1, -0.05) is 0 Å². The van der Waals surface area contributed by atoms with Crippen molar-refractivity contribution in [1.82, 2.24) is 0 Å². The fourth-order valence-electron chi connectivity index (χ4n) is 1.68. The van der Waals surface area contributed by atoms with Gasteiger partial charge in [-0.05, 0) is 41.9 Å². The summed E-state index contributed by atoms with van der Waals surface area (Å²) >= 11 is 3.19. The van der Waals surface area contributed by atoms with Crippen LogP contribution in [0.1, 0.15) is 37.0 Å². The normalized spacial score (nSPS) is 11.3. The number of hydrogen-bond acceptors (Lipinski definition) is 3. The smallest absolute Gasteiger partial charge is 0.389 e. The maximum atomic E-state index is 12.2. The van der Waals surface area contributed by atoms with Crippen LogP contribution in [0.15, 0.2) is 16.6 Å². The number of ether oxygens (including phenoxy) is 2. The number of hydrogen-bond donors (Lipinski definition) is 0. The molecule has 0 N–H and O–H groups in total. The van der Waals surface area contributed by atoms with Gasteiger partial charge in [0.1, 0.15) is 0 Å². The summed E-state index contributed by atoms with van der Waals surface area (Å²) in [5, 5.41) is 0. The second-order valence-electron chi connectivity index (χ2n) is 4.18. The molecular weight excluding hydrogens is 353 g/mol. The quantitative estimate of drug-likeness (QED) is 0.650. The first kappa shape index (κ1) is 17.8. The van der Waals surface area contributed by atoms with Crippen molar-refractivity contribution in [2.75, 3.05) is 13.2 Å². The average Bonchev–Trinajstić information content (AvgIpc) is 2.38. The van der Waals surface area contributed by atoms with Gasteiger partial charge in [0.15, 0.2) is 17.3 Å². The second kappa shape index (κ2) is 7.68. The van der Waals surface area contributed by atoms with Gasteiger partial charge in [0.2, 0.25) is 0 Å². The number of halogens is 4. The van der Waals surface area contributed by atoms with Gasteiger partial charge in [-0.15, -0.1) is 0 Å². The molecule has 0 amide bonds. The Bertz CT molecular complexity index is 501. The maximum absolute atomic E-state index is 12.2. The molecule has 1 aromatic rings. The number of alkyl halides is 3. The molecule has 0 atom stereocenters. The van der Waals surface area contributed by atoms with Crippen LogP contribution in [-0.4, -0.2) is 25.2 Å². The van der Waals surface area contributed by atoms with E-state index in [1.54, 1.807) is 13.8 Å². The predicted molar refractivity (Wildman–Crippen MR) is 76.1 cm³/mol. The maximum Gasteiger partial charge on any atom is 0.389 e. The summed E-state index contributed by atoms with van der Waals surface area (Å²) in [5.41, 5.74) is 0.158. The van der Waals surface area contributed by atoms with E-state index in [1.807, 2.05) is 0 Å². The molecule has 21 heavy (non-hydrogen) atoms. The zero-order valence-corrected chi connectivity index (χ0v) is 13.3. The molecule has 7 heteroatoms. The van der Waals surface area contributed by atoms with Gasteiger partial charge < -0.3 is 9.47 Å². The van der Waals surface area contributed by atoms with Gasteiger partial charge >= 0.3 is 6.18 Å². The molecule has 118 valence electrons. The summed E-state index contributed by atoms with van der Waals surface area (Å²) in [4.78, 5) is 11.9. The topological polar surface area (TPSA) is 35.5 Å². The second-order valence-corrected chi connectivity index (χ2v) is 5.04. The Morgan fingerprint density at radius 2 is 1.67 bits per heavy atom. The number of Topliss-reactive ketones (excluding diaryl/α,β-unsaturated/α-hetero) is 1. The Hall–Kier alpha value is -1.24. The molecule has 1 aromatic carbocycles. The molecule has 0 aliphatic carbocycles. The molecule has 1 rings (SSSR count). The number of ketones is 1. The summed E-state index contributed by atoms with van der Waals surface area (Å²) < 4.78 is 47.7. The van der Waals surface area contributed by atoms with Gasteiger partial charge in [-0.2, -0.15) is 13.2 Å². The highest BCUT2D eigenvalue weighted by Crippen LogP contribution is 2.35. The summed E-state index contributed by atoms with van der Waals surface area (Å²) in [5.74, 6) is 0.194. The van der Waals surface area contributed by atoms with Crippen LogP contribution in [0, 0.1) is 0 Å². The van der Waals surface area contributed by atoms with E-state index in [-0.39, 0.29) is 5.56 Å². The molecule has 0 heterocycles. The van der Waals surface area contributed by atoms with E-state index in [0.29, 0.717) is 29.2 Å². The average molecular weight is 369 g/mol. The molecule has 0 spiro atoms. The van der Waals surface area contributed by atoms with E-state index >= 15 is 0 Å². The highest BCUT2D eigenvalue weighted by Gasteiger charge is 2.28. The van der Waals surface area contributed by atoms with E-state index in [4.69, 9.17) is 9.47 Å². The third-order valence-corrected chi connectivity index (χ3v) is 3.23. The third-order valence-electron chi connectivity index (χ3n) is 2.57. The number of carbonyl (C=O) groups excluding carboxylic acids is 1. The Morgan fingerprint density at radius 1 is 1.14 bits per heavy atom. The Labute approximate surface area is 129 Å². The summed E-state index contributed by atoms with van der Waals surface area (Å²) in [6, 6.07) is 2.95. The SMILES string of the molecule is CCOc1cc(Br)c(C(=O)CCC(F)(F)F)cc1OCC. The van der Waals surface area contributed by atoms with Crippen LogP contribution < -0.4 is 9.47 Å². The molecule has 0 aromatic heterocycles. The number of rotatable bonds is 7. The van der Waals surface area contributed by atoms with Gasteiger partial charge in [0.05, 0.1) is 19.6 Å². The lowest BCUT2D eigenvalue weighted by Crippen LogP contribution is -2.11. The summed E-state index contributed by atoms with van der Waals surface area (Å²) in [6.45, 7) is 4.33. The van der Waals surface area contributed by atoms with Crippen molar-refractivity contribution in [2.45, 2.75) is 32.9 Å². The van der Waals surface area contributed by atoms with E-state index in [0.717, 1.165) is 0 Å². The van der Waals surface area contributed by atoms with Crippen LogP contribution in [0.25, 0.3) is 0 Å². The molecule has 0 radical (unpaired) electrons. The van der Waals surface area contributed by atoms with E-state index in [2.05, 4.69) is 15.9 Å². The molecule has 0 unspecified atom stereocenters. The summed E-state index contributed by atoms with van der Waals surface area (Å²) in [7, 11) is 0. The Balaban J connectivity index is 3.01. The van der Waals surface area contributed by atoms with Gasteiger partial charge in [0.25, 0.3) is 0 Å². The van der Waals surface area contributed by atoms with Crippen molar-refractivity contribution in [2.24, 2.45) is 0 Å². The lowest BCUT2D eigenvalue weighted by Gasteiger charge is -2.14. The monoisotopic (exact) mass is 368 g/mol. The predicted octanol–water partition coefficient (Wildman–Crippen LogP) is 4.77. The lowest BCUT2D eigenvalue weighted by atomic mass is 10.1. The molecular formula is C14H16BrF3O3. The van der Waals surface area contributed by atoms with Crippen molar-refractivity contribution in [3.05, 3.63) is 22.2 Å². The van der Waals surface area contributed by atoms with Crippen LogP contribution >= 0.6 is 15.9 Å². The minimum Gasteiger partial charge on any atom is -0.490 e. The van der Waals surface area contributed by atoms with Crippen LogP contribution in [0.2, 0.25) is 0 Å². The molecule has 0 fully saturated rings. The minimum atomic E-state index is -4.35. The van der Waals surface area contributed by atoms with Gasteiger partial charge in [-0.3, -0.25) is 4.79 Å². The first-order valence-electron chi connectivity index (χ1n) is 6.47. The molecule has 0 aliphatic rings. The van der Waals surface area contributed by atoms with Crippen LogP contribution in [0.5, 0.6) is 11.5 Å². The molecule has 3 nitrogen and oxygen atoms in total. The highest BCUT2D eigenvalue weighted by molar-refractivity contribution is 9.10. The van der Waals surface area contributed by atoms with Crippen molar-refractivity contribution < 1.29 is 27.4 Å².